The first kappa shape index (κ1) is 50.5. The van der Waals surface area contributed by atoms with Gasteiger partial charge in [-0.05, 0) is 54.5 Å². The molecule has 0 unspecified atom stereocenters. The summed E-state index contributed by atoms with van der Waals surface area (Å²) in [5.74, 6) is -6.83. The predicted molar refractivity (Wildman–Crippen MR) is 237 cm³/mol. The van der Waals surface area contributed by atoms with Gasteiger partial charge < -0.3 is 29.9 Å². The third-order valence-electron chi connectivity index (χ3n) is 9.85. The second-order valence-electron chi connectivity index (χ2n) is 14.4. The van der Waals surface area contributed by atoms with Crippen molar-refractivity contribution in [3.63, 3.8) is 0 Å². The number of aryl methyl sites for hydroxylation is 1. The lowest BCUT2D eigenvalue weighted by molar-refractivity contribution is -0.385. The number of ether oxygens (including phenoxy) is 2. The third-order valence-corrected chi connectivity index (χ3v) is 9.85. The van der Waals surface area contributed by atoms with Gasteiger partial charge in [0.1, 0.15) is 6.61 Å². The first-order chi connectivity index (χ1) is 32.7. The molecule has 354 valence electrons. The van der Waals surface area contributed by atoms with Crippen molar-refractivity contribution in [3.8, 4) is 16.9 Å². The minimum atomic E-state index is -1.50. The minimum absolute atomic E-state index is 0.0155. The second-order valence-corrected chi connectivity index (χ2v) is 14.4. The van der Waals surface area contributed by atoms with Crippen LogP contribution in [-0.2, 0) is 20.9 Å². The van der Waals surface area contributed by atoms with Gasteiger partial charge >= 0.3 is 23.6 Å². The summed E-state index contributed by atoms with van der Waals surface area (Å²) >= 11 is 0. The van der Waals surface area contributed by atoms with Crippen LogP contribution < -0.4 is 4.74 Å². The van der Waals surface area contributed by atoms with Crippen LogP contribution in [0.1, 0.15) is 86.0 Å². The van der Waals surface area contributed by atoms with Crippen LogP contribution in [-0.4, -0.2) is 119 Å². The van der Waals surface area contributed by atoms with E-state index in [4.69, 9.17) is 24.5 Å². The molecule has 0 bridgehead atoms. The van der Waals surface area contributed by atoms with Gasteiger partial charge in [0.15, 0.2) is 5.75 Å². The van der Waals surface area contributed by atoms with Gasteiger partial charge in [0.05, 0.1) is 80.9 Å². The monoisotopic (exact) mass is 947 g/mol. The van der Waals surface area contributed by atoms with Crippen LogP contribution in [0, 0.1) is 27.2 Å². The lowest BCUT2D eigenvalue weighted by Gasteiger charge is -2.17. The van der Waals surface area contributed by atoms with E-state index in [0.29, 0.717) is 16.7 Å². The normalized spacial score (nSPS) is 12.4. The molecule has 23 heteroatoms. The van der Waals surface area contributed by atoms with E-state index in [9.17, 15) is 64.0 Å². The number of pyridine rings is 1. The number of aromatic carboxylic acids is 2. The molecule has 0 saturated carbocycles. The van der Waals surface area contributed by atoms with E-state index in [1.165, 1.54) is 49.4 Å². The van der Waals surface area contributed by atoms with Gasteiger partial charge in [0, 0.05) is 36.8 Å². The molecule has 5 aromatic rings. The van der Waals surface area contributed by atoms with Crippen LogP contribution in [0.3, 0.4) is 0 Å². The summed E-state index contributed by atoms with van der Waals surface area (Å²) in [6, 6.07) is 21.8. The number of rotatable bonds is 16. The molecular formula is C46H37N5O18. The number of carboxylic acid groups (broad SMARTS) is 4. The Hall–Kier alpha value is -9.51. The SMILES string of the molecule is CC(=O)O.Cc1nc(COCCN2C(=O)c3ccccc3C2=O)c(C(=O)O)c(-c2cccc([N+](=O)[O-])c2)c1C(=O)O.O=C(O)C=Cc1ccc(OCCN2C(=O)c3ccccc3C2=O)c([N+](=O)[O-])c1. The number of hydrogen-bond donors (Lipinski definition) is 4. The molecule has 3 heterocycles. The maximum Gasteiger partial charge on any atom is 0.338 e. The zero-order valence-corrected chi connectivity index (χ0v) is 36.1. The number of amides is 4. The molecule has 4 aromatic carbocycles. The fourth-order valence-electron chi connectivity index (χ4n) is 6.95. The number of hydrogen-bond acceptors (Lipinski definition) is 15. The van der Waals surface area contributed by atoms with Gasteiger partial charge in [-0.3, -0.25) is 59.0 Å². The van der Waals surface area contributed by atoms with Crippen LogP contribution in [0.25, 0.3) is 17.2 Å². The van der Waals surface area contributed by atoms with Gasteiger partial charge in [-0.15, -0.1) is 0 Å². The van der Waals surface area contributed by atoms with Crippen molar-refractivity contribution in [1.82, 2.24) is 14.8 Å². The van der Waals surface area contributed by atoms with Crippen LogP contribution in [0.5, 0.6) is 5.75 Å². The van der Waals surface area contributed by atoms with Crippen molar-refractivity contribution < 1.29 is 78.1 Å². The molecule has 4 amide bonds. The van der Waals surface area contributed by atoms with Crippen LogP contribution in [0.4, 0.5) is 11.4 Å². The molecule has 2 aliphatic heterocycles. The number of imide groups is 2. The van der Waals surface area contributed by atoms with Crippen molar-refractivity contribution >= 4 is 65.0 Å². The number of nitro benzene ring substituents is 2. The maximum absolute atomic E-state index is 12.5. The maximum atomic E-state index is 12.5. The van der Waals surface area contributed by atoms with Crippen molar-refractivity contribution in [2.75, 3.05) is 26.3 Å². The number of carbonyl (C=O) groups excluding carboxylic acids is 4. The van der Waals surface area contributed by atoms with Crippen LogP contribution in [0.2, 0.25) is 0 Å². The fraction of sp³-hybridized carbons (Fsp3) is 0.152. The Morgan fingerprint density at radius 2 is 1.19 bits per heavy atom. The molecule has 23 nitrogen and oxygen atoms in total. The summed E-state index contributed by atoms with van der Waals surface area (Å²) in [4.78, 5) is 121. The van der Waals surface area contributed by atoms with Gasteiger partial charge in [-0.25, -0.2) is 14.4 Å². The van der Waals surface area contributed by atoms with Gasteiger partial charge in [-0.2, -0.15) is 0 Å². The Morgan fingerprint density at radius 3 is 1.65 bits per heavy atom. The summed E-state index contributed by atoms with van der Waals surface area (Å²) in [5, 5.41) is 58.3. The highest BCUT2D eigenvalue weighted by atomic mass is 16.6. The third kappa shape index (κ3) is 11.9. The van der Waals surface area contributed by atoms with E-state index in [1.807, 2.05) is 0 Å². The summed E-state index contributed by atoms with van der Waals surface area (Å²) in [7, 11) is 0. The molecule has 0 spiro atoms. The predicted octanol–water partition coefficient (Wildman–Crippen LogP) is 5.63. The highest BCUT2D eigenvalue weighted by molar-refractivity contribution is 6.22. The molecule has 0 aliphatic carbocycles. The van der Waals surface area contributed by atoms with Gasteiger partial charge in [-0.1, -0.05) is 42.5 Å². The molecule has 0 fully saturated rings. The van der Waals surface area contributed by atoms with Gasteiger partial charge in [0.25, 0.3) is 35.3 Å². The van der Waals surface area contributed by atoms with E-state index in [-0.39, 0.29) is 83.7 Å². The van der Waals surface area contributed by atoms with E-state index in [0.717, 1.165) is 28.9 Å². The van der Waals surface area contributed by atoms with Gasteiger partial charge in [0.2, 0.25) is 0 Å². The standard InChI is InChI=1S/C25H19N3O9.C19H14N2O7.C2H4O2/c1-13-19(24(31)32)20(14-5-4-6-15(11-14)28(35)36)21(25(33)34)18(26-13)12-37-10-9-27-22(29)16-7-2-3-8-17(16)23(27)30;22-17(23)8-6-12-5-7-16(15(11-12)21(26)27)28-10-9-20-18(24)13-3-1-2-4-14(13)19(20)25;1-2(3)4/h2-8,11H,9-10,12H2,1H3,(H,31,32)(H,33,34);1-8,11H,9-10H2,(H,22,23);1H3,(H,3,4). The summed E-state index contributed by atoms with van der Waals surface area (Å²) in [5.41, 5.74) is -0.436. The molecule has 0 saturated heterocycles. The van der Waals surface area contributed by atoms with E-state index in [2.05, 4.69) is 4.98 Å². The van der Waals surface area contributed by atoms with E-state index >= 15 is 0 Å². The molecular weight excluding hydrogens is 911 g/mol. The quantitative estimate of drug-likeness (QED) is 0.0306. The van der Waals surface area contributed by atoms with E-state index in [1.54, 1.807) is 48.5 Å². The Labute approximate surface area is 388 Å². The number of aromatic nitrogens is 1. The number of carbonyl (C=O) groups is 8. The molecule has 69 heavy (non-hydrogen) atoms. The number of fused-ring (bicyclic) bond motifs is 2. The number of non-ortho nitro benzene ring substituents is 1. The van der Waals surface area contributed by atoms with Crippen LogP contribution in [0.15, 0.2) is 97.1 Å². The molecule has 0 atom stereocenters. The lowest BCUT2D eigenvalue weighted by atomic mass is 9.92. The topological polar surface area (TPSA) is 342 Å². The van der Waals surface area contributed by atoms with Crippen molar-refractivity contribution in [1.29, 1.82) is 0 Å². The van der Waals surface area contributed by atoms with E-state index < -0.39 is 68.5 Å². The summed E-state index contributed by atoms with van der Waals surface area (Å²) < 4.78 is 11.0. The van der Waals surface area contributed by atoms with Crippen molar-refractivity contribution in [2.24, 2.45) is 0 Å². The second kappa shape index (κ2) is 22.1. The summed E-state index contributed by atoms with van der Waals surface area (Å²) in [6.07, 6.45) is 2.08. The average Bonchev–Trinajstić information content (AvgIpc) is 3.69. The lowest BCUT2D eigenvalue weighted by Crippen LogP contribution is -2.33. The Balaban J connectivity index is 0.000000247. The average molecular weight is 948 g/mol. The molecule has 2 aliphatic rings. The summed E-state index contributed by atoms with van der Waals surface area (Å²) in [6.45, 7) is 1.64. The van der Waals surface area contributed by atoms with Crippen molar-refractivity contribution in [2.45, 2.75) is 20.5 Å². The molecule has 7 rings (SSSR count). The Bertz CT molecular complexity index is 2910. The molecule has 1 aromatic heterocycles. The number of nitro groups is 2. The molecule has 0 radical (unpaired) electrons. The minimum Gasteiger partial charge on any atom is -0.485 e. The number of benzene rings is 4. The highest BCUT2D eigenvalue weighted by Gasteiger charge is 2.36. The zero-order valence-electron chi connectivity index (χ0n) is 36.1. The highest BCUT2D eigenvalue weighted by Crippen LogP contribution is 2.34. The number of carboxylic acids is 4. The Kier molecular flexibility index (Phi) is 16.2. The first-order valence-electron chi connectivity index (χ1n) is 20.0. The molecule has 4 N–H and O–H groups in total. The number of aliphatic carboxylic acids is 2. The largest absolute Gasteiger partial charge is 0.485 e. The first-order valence-corrected chi connectivity index (χ1v) is 20.0. The Morgan fingerprint density at radius 1 is 0.681 bits per heavy atom. The number of nitrogens with zero attached hydrogens (tertiary/aromatic N) is 5. The fourth-order valence-corrected chi connectivity index (χ4v) is 6.95. The van der Waals surface area contributed by atoms with Crippen LogP contribution >= 0.6 is 0 Å². The van der Waals surface area contributed by atoms with Crippen molar-refractivity contribution in [3.05, 3.63) is 168 Å². The zero-order chi connectivity index (χ0) is 50.7. The smallest absolute Gasteiger partial charge is 0.338 e.